The van der Waals surface area contributed by atoms with Crippen molar-refractivity contribution in [3.05, 3.63) is 38.2 Å². The highest BCUT2D eigenvalue weighted by atomic mass is 16.4. The van der Waals surface area contributed by atoms with Gasteiger partial charge in [-0.25, -0.2) is 14.6 Å². The quantitative estimate of drug-likeness (QED) is 0.892. The Bertz CT molecular complexity index is 846. The Kier molecular flexibility index (Phi) is 4.16. The fourth-order valence-electron chi connectivity index (χ4n) is 2.29. The zero-order valence-electron chi connectivity index (χ0n) is 13.0. The number of fused-ring (bicyclic) bond motifs is 1. The Morgan fingerprint density at radius 1 is 1.32 bits per heavy atom. The summed E-state index contributed by atoms with van der Waals surface area (Å²) in [5.41, 5.74) is -0.762. The van der Waals surface area contributed by atoms with E-state index in [4.69, 9.17) is 0 Å². The molecule has 2 N–H and O–H groups in total. The van der Waals surface area contributed by atoms with Crippen molar-refractivity contribution in [2.75, 3.05) is 0 Å². The molecule has 0 aliphatic heterocycles. The van der Waals surface area contributed by atoms with E-state index in [1.165, 1.54) is 10.6 Å². The first kappa shape index (κ1) is 15.9. The molecule has 0 aliphatic carbocycles. The van der Waals surface area contributed by atoms with Crippen molar-refractivity contribution in [2.45, 2.75) is 40.2 Å². The molecule has 7 heteroatoms. The van der Waals surface area contributed by atoms with Crippen LogP contribution < -0.4 is 11.2 Å². The van der Waals surface area contributed by atoms with E-state index in [9.17, 15) is 19.5 Å². The van der Waals surface area contributed by atoms with Gasteiger partial charge in [0.15, 0.2) is 5.65 Å². The van der Waals surface area contributed by atoms with Gasteiger partial charge < -0.3 is 5.11 Å². The largest absolute Gasteiger partial charge is 0.478 e. The number of carbonyl (C=O) groups is 1. The molecule has 118 valence electrons. The van der Waals surface area contributed by atoms with Crippen LogP contribution in [-0.2, 0) is 6.54 Å². The molecule has 2 aromatic rings. The molecule has 0 unspecified atom stereocenters. The fraction of sp³-hybridized carbons (Fsp3) is 0.467. The number of aromatic nitrogens is 3. The van der Waals surface area contributed by atoms with Crippen molar-refractivity contribution in [1.29, 1.82) is 0 Å². The van der Waals surface area contributed by atoms with E-state index in [0.29, 0.717) is 12.2 Å². The number of hydrogen-bond acceptors (Lipinski definition) is 4. The standard InChI is InChI=1S/C15H19N3O4/c1-7(2)6-18-12-11(13(19)17-15(18)22)9(14(20)21)5-10(16-12)8(3)4/h5,7-8H,6H2,1-4H3,(H,20,21)(H,17,19,22). The number of nitrogens with zero attached hydrogens (tertiary/aromatic N) is 2. The van der Waals surface area contributed by atoms with Gasteiger partial charge in [-0.15, -0.1) is 0 Å². The molecule has 0 radical (unpaired) electrons. The monoisotopic (exact) mass is 305 g/mol. The lowest BCUT2D eigenvalue weighted by molar-refractivity contribution is 0.0698. The number of aromatic carboxylic acids is 1. The van der Waals surface area contributed by atoms with Gasteiger partial charge in [0.2, 0.25) is 0 Å². The molecule has 2 heterocycles. The van der Waals surface area contributed by atoms with Gasteiger partial charge in [0.25, 0.3) is 5.56 Å². The van der Waals surface area contributed by atoms with Gasteiger partial charge >= 0.3 is 11.7 Å². The molecular weight excluding hydrogens is 286 g/mol. The molecule has 0 aliphatic rings. The average Bonchev–Trinajstić information content (AvgIpc) is 2.41. The maximum atomic E-state index is 12.1. The summed E-state index contributed by atoms with van der Waals surface area (Å²) < 4.78 is 1.33. The first-order valence-corrected chi connectivity index (χ1v) is 7.13. The minimum absolute atomic E-state index is 0.0237. The number of rotatable bonds is 4. The molecule has 2 aromatic heterocycles. The summed E-state index contributed by atoms with van der Waals surface area (Å²) >= 11 is 0. The van der Waals surface area contributed by atoms with Crippen LogP contribution in [0.15, 0.2) is 15.7 Å². The fourth-order valence-corrected chi connectivity index (χ4v) is 2.29. The van der Waals surface area contributed by atoms with Crippen LogP contribution in [0.3, 0.4) is 0 Å². The van der Waals surface area contributed by atoms with Crippen LogP contribution in [0.5, 0.6) is 0 Å². The molecule has 0 fully saturated rings. The van der Waals surface area contributed by atoms with E-state index in [1.807, 2.05) is 27.7 Å². The highest BCUT2D eigenvalue weighted by Gasteiger charge is 2.20. The van der Waals surface area contributed by atoms with E-state index in [1.54, 1.807) is 0 Å². The van der Waals surface area contributed by atoms with Crippen molar-refractivity contribution in [1.82, 2.24) is 14.5 Å². The number of pyridine rings is 1. The zero-order valence-corrected chi connectivity index (χ0v) is 13.0. The summed E-state index contributed by atoms with van der Waals surface area (Å²) in [5, 5.41) is 9.33. The first-order chi connectivity index (χ1) is 10.2. The van der Waals surface area contributed by atoms with E-state index in [2.05, 4.69) is 9.97 Å². The Morgan fingerprint density at radius 2 is 1.95 bits per heavy atom. The Morgan fingerprint density at radius 3 is 2.45 bits per heavy atom. The van der Waals surface area contributed by atoms with Gasteiger partial charge in [-0.3, -0.25) is 14.3 Å². The lowest BCUT2D eigenvalue weighted by atomic mass is 10.0. The summed E-state index contributed by atoms with van der Waals surface area (Å²) in [6, 6.07) is 1.40. The molecule has 0 spiro atoms. The second-order valence-corrected chi connectivity index (χ2v) is 6.02. The molecule has 7 nitrogen and oxygen atoms in total. The van der Waals surface area contributed by atoms with Crippen molar-refractivity contribution in [3.63, 3.8) is 0 Å². The number of aromatic amines is 1. The van der Waals surface area contributed by atoms with E-state index >= 15 is 0 Å². The minimum Gasteiger partial charge on any atom is -0.478 e. The number of carboxylic acid groups (broad SMARTS) is 1. The predicted molar refractivity (Wildman–Crippen MR) is 82.5 cm³/mol. The normalized spacial score (nSPS) is 11.5. The third kappa shape index (κ3) is 2.79. The van der Waals surface area contributed by atoms with E-state index < -0.39 is 17.2 Å². The second kappa shape index (κ2) is 5.75. The number of carboxylic acids is 1. The lowest BCUT2D eigenvalue weighted by Gasteiger charge is -2.14. The third-order valence-electron chi connectivity index (χ3n) is 3.34. The van der Waals surface area contributed by atoms with Gasteiger partial charge in [-0.05, 0) is 17.9 Å². The van der Waals surface area contributed by atoms with Crippen LogP contribution >= 0.6 is 0 Å². The smallest absolute Gasteiger partial charge is 0.336 e. The molecule has 22 heavy (non-hydrogen) atoms. The van der Waals surface area contributed by atoms with Gasteiger partial charge in [0, 0.05) is 12.2 Å². The molecule has 2 rings (SSSR count). The van der Waals surface area contributed by atoms with E-state index in [-0.39, 0.29) is 28.4 Å². The third-order valence-corrected chi connectivity index (χ3v) is 3.34. The summed E-state index contributed by atoms with van der Waals surface area (Å²) in [4.78, 5) is 42.2. The highest BCUT2D eigenvalue weighted by molar-refractivity contribution is 6.01. The molecule has 0 aromatic carbocycles. The Labute approximate surface area is 126 Å². The van der Waals surface area contributed by atoms with Crippen LogP contribution in [0, 0.1) is 5.92 Å². The summed E-state index contributed by atoms with van der Waals surface area (Å²) in [6.45, 7) is 7.94. The Balaban J connectivity index is 3.00. The van der Waals surface area contributed by atoms with Crippen molar-refractivity contribution in [3.8, 4) is 0 Å². The van der Waals surface area contributed by atoms with Gasteiger partial charge in [-0.1, -0.05) is 27.7 Å². The molecule has 0 bridgehead atoms. The van der Waals surface area contributed by atoms with Gasteiger partial charge in [0.1, 0.15) is 0 Å². The first-order valence-electron chi connectivity index (χ1n) is 7.13. The summed E-state index contributed by atoms with van der Waals surface area (Å²) in [5.74, 6) is -1.09. The number of H-pyrrole nitrogens is 1. The summed E-state index contributed by atoms with van der Waals surface area (Å²) in [6.07, 6.45) is 0. The van der Waals surface area contributed by atoms with Crippen LogP contribution in [0.1, 0.15) is 49.7 Å². The van der Waals surface area contributed by atoms with Crippen LogP contribution in [0.2, 0.25) is 0 Å². The lowest BCUT2D eigenvalue weighted by Crippen LogP contribution is -2.33. The molecule has 0 amide bonds. The van der Waals surface area contributed by atoms with Crippen LogP contribution in [0.25, 0.3) is 11.0 Å². The topological polar surface area (TPSA) is 105 Å². The predicted octanol–water partition coefficient (Wildman–Crippen LogP) is 1.56. The van der Waals surface area contributed by atoms with Crippen molar-refractivity contribution in [2.24, 2.45) is 5.92 Å². The minimum atomic E-state index is -1.21. The molecular formula is C15H19N3O4. The molecule has 0 atom stereocenters. The average molecular weight is 305 g/mol. The maximum Gasteiger partial charge on any atom is 0.336 e. The molecule has 0 saturated carbocycles. The highest BCUT2D eigenvalue weighted by Crippen LogP contribution is 2.20. The number of hydrogen-bond donors (Lipinski definition) is 2. The second-order valence-electron chi connectivity index (χ2n) is 6.02. The van der Waals surface area contributed by atoms with Crippen molar-refractivity contribution >= 4 is 17.0 Å². The van der Waals surface area contributed by atoms with Gasteiger partial charge in [-0.2, -0.15) is 0 Å². The zero-order chi connectivity index (χ0) is 16.6. The van der Waals surface area contributed by atoms with E-state index in [0.717, 1.165) is 0 Å². The number of nitrogens with one attached hydrogen (secondary N) is 1. The molecule has 0 saturated heterocycles. The SMILES string of the molecule is CC(C)Cn1c(=O)[nH]c(=O)c2c(C(=O)O)cc(C(C)C)nc21. The van der Waals surface area contributed by atoms with Crippen LogP contribution in [-0.4, -0.2) is 25.6 Å². The summed E-state index contributed by atoms with van der Waals surface area (Å²) in [7, 11) is 0. The van der Waals surface area contributed by atoms with Crippen LogP contribution in [0.4, 0.5) is 0 Å². The van der Waals surface area contributed by atoms with Gasteiger partial charge in [0.05, 0.1) is 10.9 Å². The Hall–Kier alpha value is -2.44. The maximum absolute atomic E-state index is 12.1. The van der Waals surface area contributed by atoms with Crippen molar-refractivity contribution < 1.29 is 9.90 Å².